The number of unbranched alkanes of at least 4 members (excludes halogenated alkanes) is 44. The Kier molecular flexibility index (Phi) is 69.6. The Hall–Kier alpha value is -1.94. The first-order valence-corrected chi connectivity index (χ1v) is 45.2. The van der Waals surface area contributed by atoms with E-state index in [1.165, 1.54) is 218 Å². The summed E-state index contributed by atoms with van der Waals surface area (Å²) >= 11 is 0. The molecule has 0 aromatic rings. The van der Waals surface area contributed by atoms with Crippen molar-refractivity contribution in [2.45, 2.75) is 440 Å². The number of phosphoric ester groups is 2. The van der Waals surface area contributed by atoms with Gasteiger partial charge in [-0.05, 0) is 49.4 Å². The molecule has 19 heteroatoms. The summed E-state index contributed by atoms with van der Waals surface area (Å²) < 4.78 is 68.7. The SMILES string of the molecule is CCC(C)CCCCCCCCCCCCCCCCC(=O)O[C@H](COC(=O)CCCCCCCCCCCCCCCCCCC(C)C)COP(=O)(O)OCC(O)COP(=O)(O)OC[C@@H](COC(=O)CCCCCCCCCC(C)C)OC(=O)CCCCCCCCCCCCCC(C)C. The second-order valence-electron chi connectivity index (χ2n) is 31.2. The van der Waals surface area contributed by atoms with Gasteiger partial charge >= 0.3 is 39.5 Å². The van der Waals surface area contributed by atoms with Crippen molar-refractivity contribution in [3.05, 3.63) is 0 Å². The summed E-state index contributed by atoms with van der Waals surface area (Å²) in [5, 5.41) is 10.6. The molecule has 0 heterocycles. The standard InChI is InChI=1S/C82H160O17P2/c1-9-75(8)61-53-45-37-29-23-17-14-15-19-25-31-39-48-56-64-81(86)98-77(68-92-79(84)62-54-46-38-30-24-18-13-11-10-12-16-21-27-34-42-50-58-72(2)3)70-96-100(88,89)94-66-76(83)67-95-101(90,91)97-71-78(69-93-80(85)63-55-47-41-33-36-44-52-60-74(6)7)99-82(87)65-57-49-40-32-26-20-22-28-35-43-51-59-73(4)5/h72-78,83H,9-71H2,1-8H3,(H,88,89)(H,90,91)/t75?,76?,77-,78-/m1/s1. The van der Waals surface area contributed by atoms with Crippen LogP contribution < -0.4 is 0 Å². The topological polar surface area (TPSA) is 237 Å². The van der Waals surface area contributed by atoms with Crippen LogP contribution in [0.4, 0.5) is 0 Å². The molecule has 101 heavy (non-hydrogen) atoms. The van der Waals surface area contributed by atoms with Gasteiger partial charge in [-0.3, -0.25) is 37.3 Å². The zero-order valence-corrected chi connectivity index (χ0v) is 68.3. The van der Waals surface area contributed by atoms with E-state index in [-0.39, 0.29) is 25.7 Å². The minimum absolute atomic E-state index is 0.105. The molecule has 0 radical (unpaired) electrons. The van der Waals surface area contributed by atoms with Crippen molar-refractivity contribution in [1.82, 2.24) is 0 Å². The van der Waals surface area contributed by atoms with Crippen molar-refractivity contribution in [1.29, 1.82) is 0 Å². The van der Waals surface area contributed by atoms with Crippen molar-refractivity contribution < 1.29 is 80.2 Å². The highest BCUT2D eigenvalue weighted by atomic mass is 31.2. The van der Waals surface area contributed by atoms with Crippen molar-refractivity contribution in [3.8, 4) is 0 Å². The highest BCUT2D eigenvalue weighted by Crippen LogP contribution is 2.45. The molecule has 600 valence electrons. The van der Waals surface area contributed by atoms with E-state index in [4.69, 9.17) is 37.0 Å². The number of carbonyl (C=O) groups excluding carboxylic acids is 4. The number of rotatable bonds is 79. The van der Waals surface area contributed by atoms with Crippen molar-refractivity contribution in [2.75, 3.05) is 39.6 Å². The summed E-state index contributed by atoms with van der Waals surface area (Å²) in [6, 6.07) is 0. The van der Waals surface area contributed by atoms with Gasteiger partial charge in [0.05, 0.1) is 26.4 Å². The number of ether oxygens (including phenoxy) is 4. The van der Waals surface area contributed by atoms with Gasteiger partial charge in [0, 0.05) is 25.7 Å². The van der Waals surface area contributed by atoms with Crippen LogP contribution in [0.25, 0.3) is 0 Å². The van der Waals surface area contributed by atoms with Gasteiger partial charge in [0.25, 0.3) is 0 Å². The Balaban J connectivity index is 5.24. The Morgan fingerprint density at radius 2 is 0.475 bits per heavy atom. The summed E-state index contributed by atoms with van der Waals surface area (Å²) in [5.74, 6) is 1.02. The molecule has 4 unspecified atom stereocenters. The van der Waals surface area contributed by atoms with E-state index in [1.54, 1.807) is 0 Å². The van der Waals surface area contributed by atoms with Crippen LogP contribution in [-0.2, 0) is 65.4 Å². The third-order valence-corrected chi connectivity index (χ3v) is 21.3. The van der Waals surface area contributed by atoms with Gasteiger partial charge in [-0.25, -0.2) is 9.13 Å². The molecule has 0 aliphatic carbocycles. The van der Waals surface area contributed by atoms with E-state index in [9.17, 15) is 43.2 Å². The quantitative estimate of drug-likeness (QED) is 0.0222. The van der Waals surface area contributed by atoms with E-state index in [1.807, 2.05) is 0 Å². The Morgan fingerprint density at radius 1 is 0.277 bits per heavy atom. The molecule has 0 saturated heterocycles. The van der Waals surface area contributed by atoms with Gasteiger partial charge in [-0.1, -0.05) is 370 Å². The minimum atomic E-state index is -4.96. The molecular weight excluding hydrogens is 1320 g/mol. The summed E-state index contributed by atoms with van der Waals surface area (Å²) in [5.41, 5.74) is 0. The van der Waals surface area contributed by atoms with Crippen molar-refractivity contribution in [3.63, 3.8) is 0 Å². The van der Waals surface area contributed by atoms with Crippen LogP contribution in [0.5, 0.6) is 0 Å². The van der Waals surface area contributed by atoms with E-state index in [2.05, 4.69) is 55.4 Å². The number of aliphatic hydroxyl groups is 1. The third-order valence-electron chi connectivity index (χ3n) is 19.4. The predicted molar refractivity (Wildman–Crippen MR) is 414 cm³/mol. The van der Waals surface area contributed by atoms with Crippen LogP contribution in [0.1, 0.15) is 421 Å². The fourth-order valence-corrected chi connectivity index (χ4v) is 14.2. The second-order valence-corrected chi connectivity index (χ2v) is 34.1. The molecular formula is C82H160O17P2. The molecule has 0 aliphatic rings. The lowest BCUT2D eigenvalue weighted by molar-refractivity contribution is -0.161. The molecule has 0 aliphatic heterocycles. The van der Waals surface area contributed by atoms with Gasteiger partial charge < -0.3 is 33.8 Å². The number of hydrogen-bond acceptors (Lipinski definition) is 15. The Labute approximate surface area is 619 Å². The number of carbonyl (C=O) groups is 4. The van der Waals surface area contributed by atoms with Crippen LogP contribution in [0.3, 0.4) is 0 Å². The molecule has 0 aromatic heterocycles. The van der Waals surface area contributed by atoms with E-state index >= 15 is 0 Å². The minimum Gasteiger partial charge on any atom is -0.462 e. The van der Waals surface area contributed by atoms with E-state index in [0.717, 1.165) is 114 Å². The molecule has 0 amide bonds. The lowest BCUT2D eigenvalue weighted by atomic mass is 9.99. The van der Waals surface area contributed by atoms with Gasteiger partial charge in [0.1, 0.15) is 19.3 Å². The third kappa shape index (κ3) is 74.7. The molecule has 3 N–H and O–H groups in total. The van der Waals surface area contributed by atoms with Crippen molar-refractivity contribution >= 4 is 39.5 Å². The van der Waals surface area contributed by atoms with Gasteiger partial charge in [-0.15, -0.1) is 0 Å². The lowest BCUT2D eigenvalue weighted by Gasteiger charge is -2.21. The summed E-state index contributed by atoms with van der Waals surface area (Å²) in [6.07, 6.45) is 58.3. The lowest BCUT2D eigenvalue weighted by Crippen LogP contribution is -2.30. The van der Waals surface area contributed by atoms with E-state index < -0.39 is 97.5 Å². The maximum Gasteiger partial charge on any atom is 0.472 e. The predicted octanol–water partition coefficient (Wildman–Crippen LogP) is 24.4. The molecule has 6 atom stereocenters. The van der Waals surface area contributed by atoms with Crippen LogP contribution in [-0.4, -0.2) is 96.7 Å². The molecule has 0 aromatic carbocycles. The normalized spacial score (nSPS) is 14.3. The maximum absolute atomic E-state index is 13.1. The Morgan fingerprint density at radius 3 is 0.703 bits per heavy atom. The van der Waals surface area contributed by atoms with Gasteiger partial charge in [0.15, 0.2) is 12.2 Å². The first-order chi connectivity index (χ1) is 48.6. The zero-order chi connectivity index (χ0) is 74.6. The van der Waals surface area contributed by atoms with Crippen molar-refractivity contribution in [2.24, 2.45) is 23.7 Å². The number of aliphatic hydroxyl groups excluding tert-OH is 1. The largest absolute Gasteiger partial charge is 0.472 e. The smallest absolute Gasteiger partial charge is 0.462 e. The van der Waals surface area contributed by atoms with Crippen LogP contribution >= 0.6 is 15.6 Å². The number of esters is 4. The van der Waals surface area contributed by atoms with Crippen LogP contribution in [0.2, 0.25) is 0 Å². The van der Waals surface area contributed by atoms with Crippen LogP contribution in [0, 0.1) is 23.7 Å². The summed E-state index contributed by atoms with van der Waals surface area (Å²) in [4.78, 5) is 73.1. The molecule has 0 saturated carbocycles. The van der Waals surface area contributed by atoms with Gasteiger partial charge in [0.2, 0.25) is 0 Å². The fourth-order valence-electron chi connectivity index (χ4n) is 12.6. The monoisotopic (exact) mass is 1480 g/mol. The van der Waals surface area contributed by atoms with Crippen LogP contribution in [0.15, 0.2) is 0 Å². The second kappa shape index (κ2) is 71.0. The molecule has 0 bridgehead atoms. The fraction of sp³-hybridized carbons (Fsp3) is 0.951. The van der Waals surface area contributed by atoms with Gasteiger partial charge in [-0.2, -0.15) is 0 Å². The average Bonchev–Trinajstić information content (AvgIpc) is 0.926. The molecule has 0 spiro atoms. The zero-order valence-electron chi connectivity index (χ0n) is 66.5. The summed E-state index contributed by atoms with van der Waals surface area (Å²) in [6.45, 7) is 14.3. The Bertz CT molecular complexity index is 1970. The highest BCUT2D eigenvalue weighted by molar-refractivity contribution is 7.47. The molecule has 17 nitrogen and oxygen atoms in total. The first kappa shape index (κ1) is 99.1. The number of hydrogen-bond donors (Lipinski definition) is 3. The van der Waals surface area contributed by atoms with E-state index in [0.29, 0.717) is 31.6 Å². The highest BCUT2D eigenvalue weighted by Gasteiger charge is 2.30. The maximum atomic E-state index is 13.1. The molecule has 0 rings (SSSR count). The average molecular weight is 1480 g/mol. The number of phosphoric acid groups is 2. The first-order valence-electron chi connectivity index (χ1n) is 42.2. The summed E-state index contributed by atoms with van der Waals surface area (Å²) in [7, 11) is -9.92. The molecule has 0 fully saturated rings.